The Kier molecular flexibility index (Phi) is 20.4. The first-order valence-corrected chi connectivity index (χ1v) is 23.1. The quantitative estimate of drug-likeness (QED) is 0.0278. The minimum absolute atomic E-state index is 0.0311. The monoisotopic (exact) mass is 938 g/mol. The molecule has 0 saturated carbocycles. The third kappa shape index (κ3) is 14.8. The Hall–Kier alpha value is -5.94. The van der Waals surface area contributed by atoms with Crippen molar-refractivity contribution >= 4 is 58.0 Å². The van der Waals surface area contributed by atoms with Crippen LogP contribution in [0.3, 0.4) is 0 Å². The minimum Gasteiger partial charge on any atom is -0.492 e. The van der Waals surface area contributed by atoms with Gasteiger partial charge in [-0.2, -0.15) is 0 Å². The van der Waals surface area contributed by atoms with Crippen molar-refractivity contribution in [1.82, 2.24) is 15.1 Å². The normalized spacial score (nSPS) is 15.0. The highest BCUT2D eigenvalue weighted by Gasteiger charge is 2.45. The number of allylic oxidation sites excluding steroid dienone is 1. The van der Waals surface area contributed by atoms with E-state index in [1.54, 1.807) is 30.1 Å². The fourth-order valence-electron chi connectivity index (χ4n) is 7.66. The number of nitrogens with one attached hydrogen (secondary N) is 2. The van der Waals surface area contributed by atoms with Gasteiger partial charge in [0, 0.05) is 31.6 Å². The van der Waals surface area contributed by atoms with E-state index in [-0.39, 0.29) is 36.3 Å². The maximum Gasteiger partial charge on any atom is 0.264 e. The molecule has 67 heavy (non-hydrogen) atoms. The van der Waals surface area contributed by atoms with E-state index in [0.29, 0.717) is 97.3 Å². The van der Waals surface area contributed by atoms with E-state index >= 15 is 0 Å². The SMILES string of the molecule is CN(CCOc1ccc(/C(=C(/CCCl)c2ccccc2)c2ccccc2)cc1)C(=O)CCOCCOCCOCCOCCOCCNc1cccc2c1C(=O)N(C1CCC(=O)NC1=O)C2=O. The van der Waals surface area contributed by atoms with Gasteiger partial charge in [0.1, 0.15) is 18.4 Å². The number of benzene rings is 4. The number of ether oxygens (including phenoxy) is 6. The van der Waals surface area contributed by atoms with Gasteiger partial charge in [0.25, 0.3) is 11.8 Å². The van der Waals surface area contributed by atoms with Crippen LogP contribution in [0.5, 0.6) is 5.75 Å². The molecule has 6 rings (SSSR count). The van der Waals surface area contributed by atoms with Crippen LogP contribution in [0.4, 0.5) is 5.69 Å². The summed E-state index contributed by atoms with van der Waals surface area (Å²) in [4.78, 5) is 65.4. The van der Waals surface area contributed by atoms with Gasteiger partial charge in [-0.3, -0.25) is 34.2 Å². The molecule has 1 atom stereocenters. The Labute approximate surface area is 396 Å². The molecule has 2 heterocycles. The first-order chi connectivity index (χ1) is 32.8. The minimum atomic E-state index is -1.02. The molecule has 0 bridgehead atoms. The van der Waals surface area contributed by atoms with Crippen LogP contribution >= 0.6 is 11.6 Å². The third-order valence-corrected chi connectivity index (χ3v) is 11.3. The lowest BCUT2D eigenvalue weighted by molar-refractivity contribution is -0.136. The Bertz CT molecular complexity index is 2280. The summed E-state index contributed by atoms with van der Waals surface area (Å²) in [7, 11) is 1.76. The smallest absolute Gasteiger partial charge is 0.264 e. The molecular weight excluding hydrogens is 880 g/mol. The number of piperidine rings is 1. The molecule has 2 N–H and O–H groups in total. The summed E-state index contributed by atoms with van der Waals surface area (Å²) in [5.41, 5.74) is 6.53. The number of imide groups is 2. The molecule has 0 aliphatic carbocycles. The van der Waals surface area contributed by atoms with Gasteiger partial charge in [-0.05, 0) is 64.9 Å². The lowest BCUT2D eigenvalue weighted by atomic mass is 9.88. The topological polar surface area (TPSA) is 171 Å². The van der Waals surface area contributed by atoms with Crippen LogP contribution in [-0.4, -0.2) is 144 Å². The molecule has 4 aromatic carbocycles. The molecule has 15 nitrogen and oxygen atoms in total. The lowest BCUT2D eigenvalue weighted by Gasteiger charge is -2.27. The Morgan fingerprint density at radius 3 is 1.87 bits per heavy atom. The molecule has 0 radical (unpaired) electrons. The van der Waals surface area contributed by atoms with Crippen molar-refractivity contribution in [2.45, 2.75) is 31.7 Å². The van der Waals surface area contributed by atoms with Gasteiger partial charge in [0.15, 0.2) is 0 Å². The zero-order valence-electron chi connectivity index (χ0n) is 37.9. The first-order valence-electron chi connectivity index (χ1n) is 22.6. The van der Waals surface area contributed by atoms with Crippen molar-refractivity contribution in [3.8, 4) is 5.75 Å². The van der Waals surface area contributed by atoms with Crippen LogP contribution in [0.2, 0.25) is 0 Å². The number of fused-ring (bicyclic) bond motifs is 1. The van der Waals surface area contributed by atoms with Gasteiger partial charge in [-0.15, -0.1) is 11.6 Å². The van der Waals surface area contributed by atoms with Crippen LogP contribution in [-0.2, 0) is 38.1 Å². The van der Waals surface area contributed by atoms with Crippen molar-refractivity contribution in [3.63, 3.8) is 0 Å². The zero-order chi connectivity index (χ0) is 47.2. The molecule has 2 aliphatic rings. The third-order valence-electron chi connectivity index (χ3n) is 11.1. The van der Waals surface area contributed by atoms with Gasteiger partial charge in [-0.1, -0.05) is 78.9 Å². The van der Waals surface area contributed by atoms with Crippen LogP contribution in [0.25, 0.3) is 11.1 Å². The summed E-state index contributed by atoms with van der Waals surface area (Å²) in [5, 5.41) is 5.34. The molecule has 0 spiro atoms. The van der Waals surface area contributed by atoms with Gasteiger partial charge < -0.3 is 38.6 Å². The highest BCUT2D eigenvalue weighted by atomic mass is 35.5. The van der Waals surface area contributed by atoms with E-state index in [1.165, 1.54) is 5.57 Å². The van der Waals surface area contributed by atoms with Gasteiger partial charge >= 0.3 is 0 Å². The van der Waals surface area contributed by atoms with Gasteiger partial charge in [0.2, 0.25) is 17.7 Å². The van der Waals surface area contributed by atoms with Gasteiger partial charge in [0.05, 0.1) is 90.2 Å². The number of halogens is 1. The van der Waals surface area contributed by atoms with Crippen molar-refractivity contribution in [3.05, 3.63) is 131 Å². The van der Waals surface area contributed by atoms with Crippen molar-refractivity contribution in [1.29, 1.82) is 0 Å². The largest absolute Gasteiger partial charge is 0.492 e. The average molecular weight is 940 g/mol. The highest BCUT2D eigenvalue weighted by molar-refractivity contribution is 6.25. The van der Waals surface area contributed by atoms with E-state index < -0.39 is 29.7 Å². The molecule has 2 aliphatic heterocycles. The maximum atomic E-state index is 13.2. The summed E-state index contributed by atoms with van der Waals surface area (Å²) in [5.74, 6) is -0.995. The van der Waals surface area contributed by atoms with Crippen LogP contribution in [0.15, 0.2) is 103 Å². The van der Waals surface area contributed by atoms with Crippen molar-refractivity contribution < 1.29 is 52.4 Å². The average Bonchev–Trinajstić information content (AvgIpc) is 3.60. The standard InChI is InChI=1S/C51H59ClN4O11/c1-55(25-28-67-40-17-15-39(16-18-40)47(38-11-6-3-7-12-38)41(21-23-52)37-9-4-2-5-10-37)46(58)22-26-62-29-31-64-33-35-66-36-34-65-32-30-63-27-24-53-43-14-8-13-42-48(43)51(61)56(50(42)60)44-19-20-45(57)54-49(44)59/h2-18,44,53H,19-36H2,1H3,(H,54,57,59)/b47-41-. The fourth-order valence-corrected chi connectivity index (χ4v) is 7.85. The molecule has 1 fully saturated rings. The van der Waals surface area contributed by atoms with Crippen molar-refractivity contribution in [2.24, 2.45) is 0 Å². The lowest BCUT2D eigenvalue weighted by Crippen LogP contribution is -2.54. The predicted octanol–water partition coefficient (Wildman–Crippen LogP) is 6.10. The molecule has 5 amide bonds. The Balaban J connectivity index is 0.749. The number of hydrogen-bond donors (Lipinski definition) is 2. The summed E-state index contributed by atoms with van der Waals surface area (Å²) in [6, 6.07) is 32.6. The van der Waals surface area contributed by atoms with Crippen LogP contribution < -0.4 is 15.4 Å². The number of carbonyl (C=O) groups is 5. The van der Waals surface area contributed by atoms with Crippen LogP contribution in [0.1, 0.15) is 63.1 Å². The van der Waals surface area contributed by atoms with Crippen LogP contribution in [0, 0.1) is 0 Å². The molecule has 356 valence electrons. The second kappa shape index (κ2) is 27.0. The number of hydrogen-bond acceptors (Lipinski definition) is 12. The van der Waals surface area contributed by atoms with Gasteiger partial charge in [-0.25, -0.2) is 0 Å². The molecule has 1 unspecified atom stereocenters. The zero-order valence-corrected chi connectivity index (χ0v) is 38.6. The number of likely N-dealkylation sites (N-methyl/N-ethyl adjacent to an activating group) is 1. The number of rotatable bonds is 29. The summed E-state index contributed by atoms with van der Waals surface area (Å²) in [6.45, 7) is 4.84. The maximum absolute atomic E-state index is 13.2. The molecule has 1 saturated heterocycles. The van der Waals surface area contributed by atoms with E-state index in [4.69, 9.17) is 40.0 Å². The molecule has 16 heteroatoms. The van der Waals surface area contributed by atoms with E-state index in [1.807, 2.05) is 48.5 Å². The number of alkyl halides is 1. The summed E-state index contributed by atoms with van der Waals surface area (Å²) >= 11 is 6.30. The number of amides is 5. The predicted molar refractivity (Wildman–Crippen MR) is 254 cm³/mol. The molecular formula is C51H59ClN4O11. The van der Waals surface area contributed by atoms with Crippen molar-refractivity contribution in [2.75, 3.05) is 104 Å². The number of nitrogens with zero attached hydrogens (tertiary/aromatic N) is 2. The summed E-state index contributed by atoms with van der Waals surface area (Å²) < 4.78 is 33.9. The summed E-state index contributed by atoms with van der Waals surface area (Å²) in [6.07, 6.45) is 1.14. The van der Waals surface area contributed by atoms with E-state index in [2.05, 4.69) is 47.0 Å². The Morgan fingerprint density at radius 1 is 0.672 bits per heavy atom. The van der Waals surface area contributed by atoms with E-state index in [0.717, 1.165) is 39.3 Å². The Morgan fingerprint density at radius 2 is 1.25 bits per heavy atom. The molecule has 4 aromatic rings. The second-order valence-electron chi connectivity index (χ2n) is 15.6. The number of anilines is 1. The van der Waals surface area contributed by atoms with E-state index in [9.17, 15) is 24.0 Å². The fraction of sp³-hybridized carbons (Fsp3) is 0.392. The molecule has 0 aromatic heterocycles. The highest BCUT2D eigenvalue weighted by Crippen LogP contribution is 2.36. The second-order valence-corrected chi connectivity index (χ2v) is 16.0. The first kappa shape index (κ1) is 50.5. The number of carbonyl (C=O) groups excluding carboxylic acids is 5.